The van der Waals surface area contributed by atoms with Crippen LogP contribution < -0.4 is 0 Å². The monoisotopic (exact) mass is 264 g/mol. The molecule has 0 bridgehead atoms. The summed E-state index contributed by atoms with van der Waals surface area (Å²) in [5.74, 6) is 0. The van der Waals surface area contributed by atoms with Crippen LogP contribution in [0.25, 0.3) is 0 Å². The van der Waals surface area contributed by atoms with Gasteiger partial charge in [-0.2, -0.15) is 5.10 Å². The van der Waals surface area contributed by atoms with Gasteiger partial charge in [0, 0.05) is 12.2 Å². The van der Waals surface area contributed by atoms with Crippen molar-refractivity contribution in [3.8, 4) is 0 Å². The highest BCUT2D eigenvalue weighted by Gasteiger charge is 2.02. The fraction of sp³-hybridized carbons (Fsp3) is 0.308. The lowest BCUT2D eigenvalue weighted by molar-refractivity contribution is 0.564. The quantitative estimate of drug-likeness (QED) is 0.862. The Bertz CT molecular complexity index is 561. The topological polar surface area (TPSA) is 55.1 Å². The predicted octanol–water partition coefficient (Wildman–Crippen LogP) is 2.32. The fourth-order valence-corrected chi connectivity index (χ4v) is 2.28. The van der Waals surface area contributed by atoms with E-state index in [0.29, 0.717) is 4.90 Å². The Balaban J connectivity index is 2.02. The summed E-state index contributed by atoms with van der Waals surface area (Å²) in [5.41, 5.74) is 3.32. The van der Waals surface area contributed by atoms with Gasteiger partial charge in [-0.1, -0.05) is 12.1 Å². The minimum atomic E-state index is -1.90. The maximum atomic E-state index is 10.8. The van der Waals surface area contributed by atoms with Gasteiger partial charge in [-0.25, -0.2) is 4.21 Å². The van der Waals surface area contributed by atoms with Gasteiger partial charge in [-0.05, 0) is 44.0 Å². The van der Waals surface area contributed by atoms with Gasteiger partial charge in [0.1, 0.15) is 0 Å². The van der Waals surface area contributed by atoms with Crippen LogP contribution in [-0.2, 0) is 24.0 Å². The Hall–Kier alpha value is -1.46. The molecule has 0 saturated heterocycles. The molecule has 1 aromatic heterocycles. The molecule has 1 aromatic carbocycles. The Kier molecular flexibility index (Phi) is 3.93. The molecular weight excluding hydrogens is 248 g/mol. The van der Waals surface area contributed by atoms with E-state index in [9.17, 15) is 4.21 Å². The molecule has 2 aromatic rings. The molecular formula is C13H16N2O2S. The summed E-state index contributed by atoms with van der Waals surface area (Å²) in [7, 11) is 0. The van der Waals surface area contributed by atoms with Gasteiger partial charge >= 0.3 is 0 Å². The minimum Gasteiger partial charge on any atom is -0.302 e. The number of hydrogen-bond acceptors (Lipinski definition) is 2. The Labute approximate surface area is 109 Å². The molecule has 0 saturated carbocycles. The van der Waals surface area contributed by atoms with Crippen molar-refractivity contribution in [1.29, 1.82) is 0 Å². The lowest BCUT2D eigenvalue weighted by Crippen LogP contribution is -2.05. The van der Waals surface area contributed by atoms with E-state index in [4.69, 9.17) is 4.55 Å². The summed E-state index contributed by atoms with van der Waals surface area (Å²) in [6.07, 6.45) is 0.861. The van der Waals surface area contributed by atoms with E-state index in [1.807, 2.05) is 30.7 Å². The Morgan fingerprint density at radius 3 is 2.44 bits per heavy atom. The van der Waals surface area contributed by atoms with Gasteiger partial charge in [0.05, 0.1) is 10.6 Å². The average Bonchev–Trinajstić information content (AvgIpc) is 2.66. The van der Waals surface area contributed by atoms with Crippen molar-refractivity contribution in [3.05, 3.63) is 47.3 Å². The minimum absolute atomic E-state index is 0.435. The van der Waals surface area contributed by atoms with Gasteiger partial charge in [0.15, 0.2) is 11.1 Å². The fourth-order valence-electron chi connectivity index (χ4n) is 1.91. The summed E-state index contributed by atoms with van der Waals surface area (Å²) in [5, 5.41) is 4.40. The molecule has 0 aliphatic rings. The van der Waals surface area contributed by atoms with Gasteiger partial charge in [0.2, 0.25) is 0 Å². The molecule has 1 N–H and O–H groups in total. The number of aryl methyl sites for hydroxylation is 4. The summed E-state index contributed by atoms with van der Waals surface area (Å²) >= 11 is -1.90. The normalized spacial score (nSPS) is 12.6. The summed E-state index contributed by atoms with van der Waals surface area (Å²) < 4.78 is 21.7. The molecule has 0 aliphatic carbocycles. The van der Waals surface area contributed by atoms with Crippen LogP contribution in [0.1, 0.15) is 17.0 Å². The smallest absolute Gasteiger partial charge is 0.186 e. The second-order valence-electron chi connectivity index (χ2n) is 4.29. The summed E-state index contributed by atoms with van der Waals surface area (Å²) in [6.45, 7) is 4.84. The maximum Gasteiger partial charge on any atom is 0.186 e. The highest BCUT2D eigenvalue weighted by Crippen LogP contribution is 2.10. The summed E-state index contributed by atoms with van der Waals surface area (Å²) in [6, 6.07) is 9.20. The number of rotatable bonds is 4. The maximum absolute atomic E-state index is 10.8. The van der Waals surface area contributed by atoms with Crippen molar-refractivity contribution >= 4 is 11.1 Å². The van der Waals surface area contributed by atoms with Gasteiger partial charge < -0.3 is 4.55 Å². The van der Waals surface area contributed by atoms with Crippen molar-refractivity contribution in [2.75, 3.05) is 0 Å². The number of nitrogens with zero attached hydrogens (tertiary/aromatic N) is 2. The van der Waals surface area contributed by atoms with Gasteiger partial charge in [-0.3, -0.25) is 4.68 Å². The van der Waals surface area contributed by atoms with E-state index in [-0.39, 0.29) is 0 Å². The predicted molar refractivity (Wildman–Crippen MR) is 70.9 cm³/mol. The van der Waals surface area contributed by atoms with E-state index in [1.165, 1.54) is 0 Å². The van der Waals surface area contributed by atoms with E-state index in [2.05, 4.69) is 11.2 Å². The van der Waals surface area contributed by atoms with Crippen LogP contribution in [0.15, 0.2) is 35.2 Å². The highest BCUT2D eigenvalue weighted by atomic mass is 32.2. The molecule has 96 valence electrons. The van der Waals surface area contributed by atoms with Crippen molar-refractivity contribution in [1.82, 2.24) is 9.78 Å². The average molecular weight is 264 g/mol. The van der Waals surface area contributed by atoms with E-state index >= 15 is 0 Å². The highest BCUT2D eigenvalue weighted by molar-refractivity contribution is 7.79. The zero-order chi connectivity index (χ0) is 13.1. The van der Waals surface area contributed by atoms with Crippen LogP contribution in [0.4, 0.5) is 0 Å². The van der Waals surface area contributed by atoms with Gasteiger partial charge in [0.25, 0.3) is 0 Å². The molecule has 0 amide bonds. The molecule has 4 nitrogen and oxygen atoms in total. The first-order chi connectivity index (χ1) is 8.56. The van der Waals surface area contributed by atoms with Crippen LogP contribution in [0, 0.1) is 13.8 Å². The number of hydrogen-bond donors (Lipinski definition) is 1. The van der Waals surface area contributed by atoms with Crippen LogP contribution in [-0.4, -0.2) is 18.5 Å². The third-order valence-electron chi connectivity index (χ3n) is 2.84. The second kappa shape index (κ2) is 5.46. The van der Waals surface area contributed by atoms with Crippen molar-refractivity contribution in [2.45, 2.75) is 31.7 Å². The molecule has 1 unspecified atom stereocenters. The lowest BCUT2D eigenvalue weighted by atomic mass is 10.1. The van der Waals surface area contributed by atoms with Gasteiger partial charge in [-0.15, -0.1) is 0 Å². The number of aromatic nitrogens is 2. The van der Waals surface area contributed by atoms with Crippen LogP contribution in [0.3, 0.4) is 0 Å². The molecule has 2 rings (SSSR count). The number of benzene rings is 1. The van der Waals surface area contributed by atoms with E-state index < -0.39 is 11.1 Å². The third kappa shape index (κ3) is 3.05. The Morgan fingerprint density at radius 2 is 1.94 bits per heavy atom. The Morgan fingerprint density at radius 1 is 1.28 bits per heavy atom. The zero-order valence-electron chi connectivity index (χ0n) is 10.5. The summed E-state index contributed by atoms with van der Waals surface area (Å²) in [4.78, 5) is 0.435. The SMILES string of the molecule is Cc1cc(C)n(CCc2ccc(S(=O)O)cc2)n1. The lowest BCUT2D eigenvalue weighted by Gasteiger charge is -2.05. The largest absolute Gasteiger partial charge is 0.302 e. The molecule has 1 atom stereocenters. The first-order valence-electron chi connectivity index (χ1n) is 5.77. The van der Waals surface area contributed by atoms with Crippen molar-refractivity contribution in [3.63, 3.8) is 0 Å². The second-order valence-corrected chi connectivity index (χ2v) is 5.26. The molecule has 0 radical (unpaired) electrons. The molecule has 5 heteroatoms. The molecule has 1 heterocycles. The van der Waals surface area contributed by atoms with Crippen LogP contribution >= 0.6 is 0 Å². The van der Waals surface area contributed by atoms with Crippen molar-refractivity contribution in [2.24, 2.45) is 0 Å². The third-order valence-corrected chi connectivity index (χ3v) is 3.52. The van der Waals surface area contributed by atoms with Crippen LogP contribution in [0.2, 0.25) is 0 Å². The van der Waals surface area contributed by atoms with E-state index in [1.54, 1.807) is 12.1 Å². The zero-order valence-corrected chi connectivity index (χ0v) is 11.3. The van der Waals surface area contributed by atoms with Crippen LogP contribution in [0.5, 0.6) is 0 Å². The standard InChI is InChI=1S/C13H16N2O2S/c1-10-9-11(2)15(14-10)8-7-12-3-5-13(6-4-12)18(16)17/h3-6,9H,7-8H2,1-2H3,(H,16,17). The first kappa shape index (κ1) is 13.0. The molecule has 0 fully saturated rings. The molecule has 0 spiro atoms. The molecule has 18 heavy (non-hydrogen) atoms. The van der Waals surface area contributed by atoms with Crippen molar-refractivity contribution < 1.29 is 8.76 Å². The first-order valence-corrected chi connectivity index (χ1v) is 6.88. The van der Waals surface area contributed by atoms with E-state index in [0.717, 1.165) is 29.9 Å². The molecule has 0 aliphatic heterocycles.